The molecule has 2 nitrogen and oxygen atoms in total. The highest BCUT2D eigenvalue weighted by atomic mass is 32.2. The standard InChI is InChI=1S/C22H17NOS/c1-3-8-17(9-4-1)16-24-21-13-7-12-20-19(21)14-15-23-22(20)25-18-10-5-2-6-11-18/h1-15H,16H2. The SMILES string of the molecule is c1ccc(COc2cccc3c(Sc4ccccc4)nccc23)cc1. The highest BCUT2D eigenvalue weighted by molar-refractivity contribution is 7.99. The molecular formula is C22H17NOS. The zero-order valence-electron chi connectivity index (χ0n) is 13.6. The number of pyridine rings is 1. The Kier molecular flexibility index (Phi) is 4.66. The van der Waals surface area contributed by atoms with Gasteiger partial charge in [-0.1, -0.05) is 72.4 Å². The van der Waals surface area contributed by atoms with E-state index >= 15 is 0 Å². The molecule has 3 heteroatoms. The summed E-state index contributed by atoms with van der Waals surface area (Å²) in [6, 6.07) is 28.7. The van der Waals surface area contributed by atoms with Gasteiger partial charge in [-0.2, -0.15) is 0 Å². The summed E-state index contributed by atoms with van der Waals surface area (Å²) < 4.78 is 6.07. The third-order valence-corrected chi connectivity index (χ3v) is 4.95. The average Bonchev–Trinajstić information content (AvgIpc) is 2.68. The van der Waals surface area contributed by atoms with Crippen LogP contribution < -0.4 is 4.74 Å². The molecule has 1 aromatic heterocycles. The molecule has 0 saturated carbocycles. The van der Waals surface area contributed by atoms with Crippen LogP contribution in [0.4, 0.5) is 0 Å². The zero-order valence-corrected chi connectivity index (χ0v) is 14.4. The minimum absolute atomic E-state index is 0.559. The highest BCUT2D eigenvalue weighted by Gasteiger charge is 2.08. The molecule has 122 valence electrons. The smallest absolute Gasteiger partial charge is 0.127 e. The van der Waals surface area contributed by atoms with Gasteiger partial charge in [0.2, 0.25) is 0 Å². The molecule has 0 amide bonds. The second kappa shape index (κ2) is 7.41. The van der Waals surface area contributed by atoms with Crippen molar-refractivity contribution in [1.82, 2.24) is 4.98 Å². The Morgan fingerprint density at radius 1 is 0.720 bits per heavy atom. The first-order valence-corrected chi connectivity index (χ1v) is 8.99. The Balaban J connectivity index is 1.64. The lowest BCUT2D eigenvalue weighted by molar-refractivity contribution is 0.310. The molecule has 0 radical (unpaired) electrons. The topological polar surface area (TPSA) is 22.1 Å². The summed E-state index contributed by atoms with van der Waals surface area (Å²) in [5, 5.41) is 3.20. The molecule has 0 saturated heterocycles. The molecular weight excluding hydrogens is 326 g/mol. The first-order valence-electron chi connectivity index (χ1n) is 8.17. The van der Waals surface area contributed by atoms with Crippen molar-refractivity contribution in [2.75, 3.05) is 0 Å². The molecule has 0 bridgehead atoms. The van der Waals surface area contributed by atoms with E-state index in [1.54, 1.807) is 11.8 Å². The van der Waals surface area contributed by atoms with Crippen LogP contribution in [-0.4, -0.2) is 4.98 Å². The Morgan fingerprint density at radius 2 is 1.48 bits per heavy atom. The van der Waals surface area contributed by atoms with Crippen molar-refractivity contribution in [2.24, 2.45) is 0 Å². The van der Waals surface area contributed by atoms with Gasteiger partial charge < -0.3 is 4.74 Å². The normalized spacial score (nSPS) is 10.7. The Morgan fingerprint density at radius 3 is 2.28 bits per heavy atom. The van der Waals surface area contributed by atoms with Crippen LogP contribution in [0.2, 0.25) is 0 Å². The maximum Gasteiger partial charge on any atom is 0.127 e. The van der Waals surface area contributed by atoms with E-state index in [1.165, 1.54) is 4.90 Å². The van der Waals surface area contributed by atoms with Crippen molar-refractivity contribution in [3.05, 3.63) is 96.7 Å². The summed E-state index contributed by atoms with van der Waals surface area (Å²) in [6.45, 7) is 0.559. The summed E-state index contributed by atoms with van der Waals surface area (Å²) >= 11 is 1.67. The second-order valence-electron chi connectivity index (χ2n) is 5.66. The maximum atomic E-state index is 6.07. The summed E-state index contributed by atoms with van der Waals surface area (Å²) in [7, 11) is 0. The van der Waals surface area contributed by atoms with Gasteiger partial charge in [-0.15, -0.1) is 0 Å². The molecule has 0 aliphatic rings. The predicted octanol–water partition coefficient (Wildman–Crippen LogP) is 5.97. The van der Waals surface area contributed by atoms with Crippen molar-refractivity contribution in [2.45, 2.75) is 16.5 Å². The van der Waals surface area contributed by atoms with Crippen molar-refractivity contribution in [3.8, 4) is 5.75 Å². The fraction of sp³-hybridized carbons (Fsp3) is 0.0455. The van der Waals surface area contributed by atoms with Crippen molar-refractivity contribution in [1.29, 1.82) is 0 Å². The first-order chi connectivity index (χ1) is 12.4. The van der Waals surface area contributed by atoms with E-state index < -0.39 is 0 Å². The van der Waals surface area contributed by atoms with E-state index in [2.05, 4.69) is 35.3 Å². The van der Waals surface area contributed by atoms with Crippen molar-refractivity contribution < 1.29 is 4.74 Å². The van der Waals surface area contributed by atoms with E-state index in [1.807, 2.05) is 60.8 Å². The van der Waals surface area contributed by atoms with Gasteiger partial charge in [0, 0.05) is 21.9 Å². The number of aromatic nitrogens is 1. The van der Waals surface area contributed by atoms with E-state index in [0.717, 1.165) is 27.1 Å². The fourth-order valence-electron chi connectivity index (χ4n) is 2.69. The maximum absolute atomic E-state index is 6.07. The summed E-state index contributed by atoms with van der Waals surface area (Å²) in [4.78, 5) is 5.75. The van der Waals surface area contributed by atoms with E-state index in [-0.39, 0.29) is 0 Å². The summed E-state index contributed by atoms with van der Waals surface area (Å²) in [5.41, 5.74) is 1.16. The van der Waals surface area contributed by atoms with E-state index in [0.29, 0.717) is 6.61 Å². The minimum Gasteiger partial charge on any atom is -0.488 e. The number of nitrogens with zero attached hydrogens (tertiary/aromatic N) is 1. The third-order valence-electron chi connectivity index (χ3n) is 3.92. The van der Waals surface area contributed by atoms with Crippen LogP contribution in [-0.2, 0) is 6.61 Å². The van der Waals surface area contributed by atoms with E-state index in [9.17, 15) is 0 Å². The van der Waals surface area contributed by atoms with Crippen LogP contribution in [0.25, 0.3) is 10.8 Å². The molecule has 0 fully saturated rings. The number of rotatable bonds is 5. The van der Waals surface area contributed by atoms with Crippen LogP contribution in [0, 0.1) is 0 Å². The number of hydrogen-bond acceptors (Lipinski definition) is 3. The van der Waals surface area contributed by atoms with Gasteiger partial charge in [0.15, 0.2) is 0 Å². The second-order valence-corrected chi connectivity index (χ2v) is 6.72. The average molecular weight is 343 g/mol. The number of ether oxygens (including phenoxy) is 1. The fourth-order valence-corrected chi connectivity index (χ4v) is 3.61. The molecule has 0 aliphatic heterocycles. The lowest BCUT2D eigenvalue weighted by atomic mass is 10.1. The van der Waals surface area contributed by atoms with Crippen molar-refractivity contribution >= 4 is 22.5 Å². The minimum atomic E-state index is 0.559. The number of hydrogen-bond donors (Lipinski definition) is 0. The van der Waals surface area contributed by atoms with Gasteiger partial charge >= 0.3 is 0 Å². The number of benzene rings is 3. The molecule has 3 aromatic carbocycles. The van der Waals surface area contributed by atoms with Crippen LogP contribution >= 0.6 is 11.8 Å². The first kappa shape index (κ1) is 15.7. The Bertz CT molecular complexity index is 971. The van der Waals surface area contributed by atoms with Gasteiger partial charge in [-0.05, 0) is 29.8 Å². The van der Waals surface area contributed by atoms with Gasteiger partial charge in [-0.25, -0.2) is 4.98 Å². The predicted molar refractivity (Wildman–Crippen MR) is 103 cm³/mol. The van der Waals surface area contributed by atoms with Crippen LogP contribution in [0.5, 0.6) is 5.75 Å². The zero-order chi connectivity index (χ0) is 16.9. The molecule has 4 aromatic rings. The molecule has 1 heterocycles. The lowest BCUT2D eigenvalue weighted by Crippen LogP contribution is -1.96. The van der Waals surface area contributed by atoms with Crippen LogP contribution in [0.15, 0.2) is 101 Å². The summed E-state index contributed by atoms with van der Waals surface area (Å²) in [5.74, 6) is 0.888. The monoisotopic (exact) mass is 343 g/mol. The van der Waals surface area contributed by atoms with Gasteiger partial charge in [0.25, 0.3) is 0 Å². The molecule has 4 rings (SSSR count). The molecule has 0 aliphatic carbocycles. The third kappa shape index (κ3) is 3.67. The Hall–Kier alpha value is -2.78. The van der Waals surface area contributed by atoms with Gasteiger partial charge in [-0.3, -0.25) is 0 Å². The molecule has 0 unspecified atom stereocenters. The molecule has 0 atom stereocenters. The largest absolute Gasteiger partial charge is 0.488 e. The van der Waals surface area contributed by atoms with E-state index in [4.69, 9.17) is 4.74 Å². The summed E-state index contributed by atoms with van der Waals surface area (Å²) in [6.07, 6.45) is 1.85. The Labute approximate surface area is 151 Å². The molecule has 0 spiro atoms. The number of fused-ring (bicyclic) bond motifs is 1. The van der Waals surface area contributed by atoms with Crippen LogP contribution in [0.1, 0.15) is 5.56 Å². The molecule has 25 heavy (non-hydrogen) atoms. The lowest BCUT2D eigenvalue weighted by Gasteiger charge is -2.11. The van der Waals surface area contributed by atoms with Gasteiger partial charge in [0.05, 0.1) is 0 Å². The quantitative estimate of drug-likeness (QED) is 0.446. The van der Waals surface area contributed by atoms with Gasteiger partial charge in [0.1, 0.15) is 17.4 Å². The van der Waals surface area contributed by atoms with Crippen LogP contribution in [0.3, 0.4) is 0 Å². The molecule has 0 N–H and O–H groups in total. The highest BCUT2D eigenvalue weighted by Crippen LogP contribution is 2.35. The van der Waals surface area contributed by atoms with Crippen molar-refractivity contribution in [3.63, 3.8) is 0 Å².